The lowest BCUT2D eigenvalue weighted by atomic mass is 9.75. The third-order valence-corrected chi connectivity index (χ3v) is 4.17. The van der Waals surface area contributed by atoms with E-state index < -0.39 is 0 Å². The molecule has 100 valence electrons. The first kappa shape index (κ1) is 12.5. The number of rotatable bonds is 2. The zero-order valence-electron chi connectivity index (χ0n) is 11.8. The number of pyridine rings is 1. The van der Waals surface area contributed by atoms with Crippen molar-refractivity contribution in [2.24, 2.45) is 5.41 Å². The van der Waals surface area contributed by atoms with Crippen LogP contribution in [-0.4, -0.2) is 11.0 Å². The third-order valence-electron chi connectivity index (χ3n) is 4.17. The number of anilines is 1. The molecule has 1 heterocycles. The highest BCUT2D eigenvalue weighted by Crippen LogP contribution is 2.36. The lowest BCUT2D eigenvalue weighted by Crippen LogP contribution is -2.31. The summed E-state index contributed by atoms with van der Waals surface area (Å²) in [5.41, 5.74) is 2.69. The molecule has 1 aromatic heterocycles. The molecule has 1 saturated carbocycles. The first-order chi connectivity index (χ1) is 9.12. The molecule has 1 aliphatic carbocycles. The van der Waals surface area contributed by atoms with Crippen LogP contribution in [0.5, 0.6) is 0 Å². The van der Waals surface area contributed by atoms with E-state index >= 15 is 0 Å². The Morgan fingerprint density at radius 1 is 1.26 bits per heavy atom. The summed E-state index contributed by atoms with van der Waals surface area (Å²) in [5.74, 6) is 0. The number of nitrogens with zero attached hydrogens (tertiary/aromatic N) is 1. The summed E-state index contributed by atoms with van der Waals surface area (Å²) >= 11 is 0. The molecule has 1 atom stereocenters. The van der Waals surface area contributed by atoms with E-state index in [1.807, 2.05) is 12.3 Å². The van der Waals surface area contributed by atoms with E-state index in [4.69, 9.17) is 0 Å². The highest BCUT2D eigenvalue weighted by molar-refractivity contribution is 5.81. The van der Waals surface area contributed by atoms with Gasteiger partial charge in [-0.15, -0.1) is 0 Å². The maximum atomic E-state index is 4.52. The molecule has 0 amide bonds. The molecule has 1 fully saturated rings. The first-order valence-electron chi connectivity index (χ1n) is 7.24. The number of hydrogen-bond donors (Lipinski definition) is 1. The van der Waals surface area contributed by atoms with E-state index in [9.17, 15) is 0 Å². The van der Waals surface area contributed by atoms with Crippen molar-refractivity contribution in [1.29, 1.82) is 0 Å². The molecule has 2 aromatic rings. The van der Waals surface area contributed by atoms with Crippen molar-refractivity contribution in [2.75, 3.05) is 5.32 Å². The smallest absolute Gasteiger partial charge is 0.0703 e. The fourth-order valence-electron chi connectivity index (χ4n) is 3.21. The molecular formula is C17H22N2. The predicted octanol–water partition coefficient (Wildman–Crippen LogP) is 4.62. The molecule has 3 rings (SSSR count). The Hall–Kier alpha value is -1.57. The molecule has 1 N–H and O–H groups in total. The van der Waals surface area contributed by atoms with Crippen LogP contribution in [0.25, 0.3) is 10.9 Å². The van der Waals surface area contributed by atoms with Gasteiger partial charge in [-0.2, -0.15) is 0 Å². The molecule has 0 aliphatic heterocycles. The van der Waals surface area contributed by atoms with Crippen LogP contribution in [0.2, 0.25) is 0 Å². The molecule has 0 spiro atoms. The Morgan fingerprint density at radius 2 is 2.11 bits per heavy atom. The summed E-state index contributed by atoms with van der Waals surface area (Å²) in [5, 5.41) is 4.88. The van der Waals surface area contributed by atoms with Crippen molar-refractivity contribution >= 4 is 16.6 Å². The molecule has 0 bridgehead atoms. The van der Waals surface area contributed by atoms with E-state index in [2.05, 4.69) is 48.4 Å². The van der Waals surface area contributed by atoms with Gasteiger partial charge in [0.15, 0.2) is 0 Å². The van der Waals surface area contributed by atoms with E-state index in [1.54, 1.807) is 0 Å². The van der Waals surface area contributed by atoms with Crippen molar-refractivity contribution in [3.05, 3.63) is 36.5 Å². The van der Waals surface area contributed by atoms with Gasteiger partial charge in [-0.3, -0.25) is 4.98 Å². The molecule has 19 heavy (non-hydrogen) atoms. The number of nitrogens with one attached hydrogen (secondary N) is 1. The summed E-state index contributed by atoms with van der Waals surface area (Å²) in [7, 11) is 0. The molecule has 2 nitrogen and oxygen atoms in total. The fraction of sp³-hybridized carbons (Fsp3) is 0.471. The van der Waals surface area contributed by atoms with Gasteiger partial charge < -0.3 is 5.32 Å². The SMILES string of the molecule is CC1(C)CCCC(Nc2cnc3ccccc3c2)C1. The van der Waals surface area contributed by atoms with Gasteiger partial charge in [0.2, 0.25) is 0 Å². The number of hydrogen-bond acceptors (Lipinski definition) is 2. The van der Waals surface area contributed by atoms with Crippen molar-refractivity contribution in [3.63, 3.8) is 0 Å². The van der Waals surface area contributed by atoms with Gasteiger partial charge in [0.1, 0.15) is 0 Å². The minimum atomic E-state index is 0.472. The number of para-hydroxylation sites is 1. The highest BCUT2D eigenvalue weighted by atomic mass is 14.9. The van der Waals surface area contributed by atoms with E-state index in [0.717, 1.165) is 11.2 Å². The van der Waals surface area contributed by atoms with Gasteiger partial charge in [-0.25, -0.2) is 0 Å². The summed E-state index contributed by atoms with van der Waals surface area (Å²) < 4.78 is 0. The molecule has 1 unspecified atom stereocenters. The molecular weight excluding hydrogens is 232 g/mol. The van der Waals surface area contributed by atoms with E-state index in [0.29, 0.717) is 11.5 Å². The monoisotopic (exact) mass is 254 g/mol. The Bertz CT molecular complexity index is 574. The number of benzene rings is 1. The van der Waals surface area contributed by atoms with Gasteiger partial charge in [-0.05, 0) is 36.8 Å². The number of fused-ring (bicyclic) bond motifs is 1. The molecule has 0 saturated heterocycles. The van der Waals surface area contributed by atoms with Gasteiger partial charge in [0, 0.05) is 11.4 Å². The Morgan fingerprint density at radius 3 is 2.95 bits per heavy atom. The second-order valence-corrected chi connectivity index (χ2v) is 6.52. The normalized spacial score (nSPS) is 22.3. The lowest BCUT2D eigenvalue weighted by Gasteiger charge is -2.36. The minimum absolute atomic E-state index is 0.472. The second kappa shape index (κ2) is 4.84. The topological polar surface area (TPSA) is 24.9 Å². The molecule has 1 aliphatic rings. The van der Waals surface area contributed by atoms with Gasteiger partial charge in [-0.1, -0.05) is 38.5 Å². The van der Waals surface area contributed by atoms with Gasteiger partial charge in [0.25, 0.3) is 0 Å². The first-order valence-corrected chi connectivity index (χ1v) is 7.24. The van der Waals surface area contributed by atoms with Gasteiger partial charge in [0.05, 0.1) is 17.4 Å². The summed E-state index contributed by atoms with van der Waals surface area (Å²) in [4.78, 5) is 4.52. The lowest BCUT2D eigenvalue weighted by molar-refractivity contribution is 0.229. The van der Waals surface area contributed by atoms with E-state index in [1.165, 1.54) is 31.1 Å². The van der Waals surface area contributed by atoms with Crippen LogP contribution in [-0.2, 0) is 0 Å². The molecule has 2 heteroatoms. The number of aromatic nitrogens is 1. The largest absolute Gasteiger partial charge is 0.381 e. The second-order valence-electron chi connectivity index (χ2n) is 6.52. The van der Waals surface area contributed by atoms with Crippen LogP contribution >= 0.6 is 0 Å². The maximum absolute atomic E-state index is 4.52. The standard InChI is InChI=1S/C17H22N2/c1-17(2)9-5-7-14(11-17)19-15-10-13-6-3-4-8-16(13)18-12-15/h3-4,6,8,10,12,14,19H,5,7,9,11H2,1-2H3. The maximum Gasteiger partial charge on any atom is 0.0703 e. The van der Waals surface area contributed by atoms with Crippen molar-refractivity contribution in [2.45, 2.75) is 45.6 Å². The van der Waals surface area contributed by atoms with Crippen LogP contribution in [0.15, 0.2) is 36.5 Å². The van der Waals surface area contributed by atoms with Gasteiger partial charge >= 0.3 is 0 Å². The van der Waals surface area contributed by atoms with E-state index in [-0.39, 0.29) is 0 Å². The van der Waals surface area contributed by atoms with Crippen molar-refractivity contribution in [3.8, 4) is 0 Å². The van der Waals surface area contributed by atoms with Crippen LogP contribution in [0.4, 0.5) is 5.69 Å². The van der Waals surface area contributed by atoms with Crippen molar-refractivity contribution in [1.82, 2.24) is 4.98 Å². The minimum Gasteiger partial charge on any atom is -0.381 e. The Kier molecular flexibility index (Phi) is 3.17. The summed E-state index contributed by atoms with van der Waals surface area (Å²) in [6, 6.07) is 11.1. The summed E-state index contributed by atoms with van der Waals surface area (Å²) in [6.45, 7) is 4.75. The van der Waals surface area contributed by atoms with Crippen LogP contribution in [0, 0.1) is 5.41 Å². The zero-order valence-corrected chi connectivity index (χ0v) is 11.8. The Balaban J connectivity index is 1.77. The average Bonchev–Trinajstić information content (AvgIpc) is 2.37. The zero-order chi connectivity index (χ0) is 13.3. The average molecular weight is 254 g/mol. The summed E-state index contributed by atoms with van der Waals surface area (Å²) in [6.07, 6.45) is 7.16. The highest BCUT2D eigenvalue weighted by Gasteiger charge is 2.27. The fourth-order valence-corrected chi connectivity index (χ4v) is 3.21. The van der Waals surface area contributed by atoms with Crippen LogP contribution in [0.1, 0.15) is 39.5 Å². The predicted molar refractivity (Wildman–Crippen MR) is 81.4 cm³/mol. The molecule has 1 aromatic carbocycles. The van der Waals surface area contributed by atoms with Crippen LogP contribution < -0.4 is 5.32 Å². The third kappa shape index (κ3) is 2.89. The van der Waals surface area contributed by atoms with Crippen LogP contribution in [0.3, 0.4) is 0 Å². The quantitative estimate of drug-likeness (QED) is 0.846. The van der Waals surface area contributed by atoms with Crippen molar-refractivity contribution < 1.29 is 0 Å². The molecule has 0 radical (unpaired) electrons. The Labute approximate surface area is 115 Å².